The van der Waals surface area contributed by atoms with Gasteiger partial charge in [-0.25, -0.2) is 18.1 Å². The number of anilines is 2. The van der Waals surface area contributed by atoms with E-state index in [0.29, 0.717) is 18.4 Å². The first-order chi connectivity index (χ1) is 21.1. The van der Waals surface area contributed by atoms with Gasteiger partial charge in [-0.1, -0.05) is 18.2 Å². The normalized spacial score (nSPS) is 17.4. The lowest BCUT2D eigenvalue weighted by atomic mass is 9.82. The number of aromatic nitrogens is 3. The van der Waals surface area contributed by atoms with Crippen molar-refractivity contribution in [1.82, 2.24) is 19.7 Å². The highest BCUT2D eigenvalue weighted by Crippen LogP contribution is 2.30. The number of fused-ring (bicyclic) bond motifs is 1. The van der Waals surface area contributed by atoms with E-state index in [0.717, 1.165) is 85.3 Å². The molecule has 0 amide bonds. The first-order valence-electron chi connectivity index (χ1n) is 14.5. The Hall–Kier alpha value is -3.97. The Balaban J connectivity index is 1.12. The van der Waals surface area contributed by atoms with E-state index in [4.69, 9.17) is 9.97 Å². The fourth-order valence-corrected chi connectivity index (χ4v) is 6.49. The summed E-state index contributed by atoms with van der Waals surface area (Å²) in [5.41, 5.74) is 1.89. The molecule has 0 radical (unpaired) electrons. The van der Waals surface area contributed by atoms with Gasteiger partial charge in [0.25, 0.3) is 0 Å². The number of hydrogen-bond donors (Lipinski definition) is 2. The van der Waals surface area contributed by atoms with Crippen molar-refractivity contribution < 1.29 is 26.3 Å². The Kier molecular flexibility index (Phi) is 9.84. The number of nitrogens with zero attached hydrogens (tertiary/aromatic N) is 4. The molecule has 0 bridgehead atoms. The summed E-state index contributed by atoms with van der Waals surface area (Å²) in [5, 5.41) is 4.41. The van der Waals surface area contributed by atoms with Crippen LogP contribution in [0.25, 0.3) is 10.9 Å². The number of sulfonamides is 1. The van der Waals surface area contributed by atoms with Crippen LogP contribution in [0.2, 0.25) is 0 Å². The van der Waals surface area contributed by atoms with Gasteiger partial charge >= 0.3 is 6.36 Å². The largest absolute Gasteiger partial charge is 0.573 e. The average molecular weight is 629 g/mol. The van der Waals surface area contributed by atoms with Gasteiger partial charge in [-0.05, 0) is 86.1 Å². The summed E-state index contributed by atoms with van der Waals surface area (Å²) in [6, 6.07) is 18.0. The second-order valence-corrected chi connectivity index (χ2v) is 12.8. The van der Waals surface area contributed by atoms with Gasteiger partial charge in [-0.15, -0.1) is 13.2 Å². The van der Waals surface area contributed by atoms with Gasteiger partial charge < -0.3 is 15.0 Å². The van der Waals surface area contributed by atoms with Gasteiger partial charge in [0.2, 0.25) is 16.0 Å². The zero-order chi connectivity index (χ0) is 31.2. The Morgan fingerprint density at radius 3 is 2.27 bits per heavy atom. The van der Waals surface area contributed by atoms with Gasteiger partial charge in [0.05, 0.1) is 10.4 Å². The monoisotopic (exact) mass is 628 g/mol. The fourth-order valence-electron chi connectivity index (χ4n) is 5.37. The van der Waals surface area contributed by atoms with Crippen LogP contribution in [-0.2, 0) is 16.4 Å². The SMILES string of the molecule is CN(CCc1ccccn1)c1nc(NCC2CCC(CNS(=O)(=O)c3ccc(OC(F)(F)F)cc3)CC2)nc2ccccc12. The van der Waals surface area contributed by atoms with Crippen molar-refractivity contribution in [2.75, 3.05) is 36.9 Å². The lowest BCUT2D eigenvalue weighted by Gasteiger charge is -2.29. The first-order valence-corrected chi connectivity index (χ1v) is 16.0. The molecule has 1 aliphatic rings. The van der Waals surface area contributed by atoms with E-state index in [2.05, 4.69) is 24.7 Å². The molecule has 0 spiro atoms. The lowest BCUT2D eigenvalue weighted by molar-refractivity contribution is -0.274. The van der Waals surface area contributed by atoms with Gasteiger partial charge in [0.15, 0.2) is 0 Å². The van der Waals surface area contributed by atoms with E-state index < -0.39 is 22.1 Å². The molecule has 0 unspecified atom stereocenters. The third-order valence-corrected chi connectivity index (χ3v) is 9.26. The molecule has 2 aromatic heterocycles. The molecule has 1 saturated carbocycles. The second-order valence-electron chi connectivity index (χ2n) is 11.0. The van der Waals surface area contributed by atoms with Crippen molar-refractivity contribution in [3.8, 4) is 5.75 Å². The molecule has 5 rings (SSSR count). The number of likely N-dealkylation sites (N-methyl/N-ethyl adjacent to an activating group) is 1. The van der Waals surface area contributed by atoms with E-state index in [9.17, 15) is 21.6 Å². The summed E-state index contributed by atoms with van der Waals surface area (Å²) in [4.78, 5) is 16.0. The molecule has 0 saturated heterocycles. The molecule has 234 valence electrons. The molecule has 0 aliphatic heterocycles. The Labute approximate surface area is 254 Å². The maximum atomic E-state index is 12.7. The summed E-state index contributed by atoms with van der Waals surface area (Å²) in [6.45, 7) is 1.73. The number of rotatable bonds is 12. The third kappa shape index (κ3) is 8.56. The molecule has 2 heterocycles. The Morgan fingerprint density at radius 1 is 0.909 bits per heavy atom. The summed E-state index contributed by atoms with van der Waals surface area (Å²) in [7, 11) is -1.83. The quantitative estimate of drug-likeness (QED) is 0.203. The standard InChI is InChI=1S/C31H35F3N6O3S/c1-40(19-17-24-6-4-5-18-35-24)29-27-7-2-3-8-28(27)38-30(39-29)36-20-22-9-11-23(12-10-22)21-37-44(41,42)26-15-13-25(14-16-26)43-31(32,33)34/h2-8,13-16,18,22-23,37H,9-12,17,19-21H2,1H3,(H,36,38,39). The highest BCUT2D eigenvalue weighted by Gasteiger charge is 2.31. The van der Waals surface area contributed by atoms with Crippen LogP contribution in [0.1, 0.15) is 31.4 Å². The minimum absolute atomic E-state index is 0.109. The molecular weight excluding hydrogens is 593 g/mol. The van der Waals surface area contributed by atoms with Crippen LogP contribution in [0.5, 0.6) is 5.75 Å². The van der Waals surface area contributed by atoms with Crippen molar-refractivity contribution in [2.24, 2.45) is 11.8 Å². The summed E-state index contributed by atoms with van der Waals surface area (Å²) >= 11 is 0. The predicted molar refractivity (Wildman–Crippen MR) is 163 cm³/mol. The van der Waals surface area contributed by atoms with E-state index in [-0.39, 0.29) is 17.4 Å². The molecule has 1 fully saturated rings. The highest BCUT2D eigenvalue weighted by atomic mass is 32.2. The van der Waals surface area contributed by atoms with Crippen molar-refractivity contribution >= 4 is 32.7 Å². The summed E-state index contributed by atoms with van der Waals surface area (Å²) in [6.07, 6.45) is 1.31. The van der Waals surface area contributed by atoms with Gasteiger partial charge in [0, 0.05) is 50.4 Å². The Morgan fingerprint density at radius 2 is 1.59 bits per heavy atom. The molecule has 13 heteroatoms. The number of pyridine rings is 1. The molecule has 9 nitrogen and oxygen atoms in total. The average Bonchev–Trinajstić information content (AvgIpc) is 3.02. The zero-order valence-electron chi connectivity index (χ0n) is 24.3. The van der Waals surface area contributed by atoms with E-state index in [1.54, 1.807) is 6.20 Å². The fraction of sp³-hybridized carbons (Fsp3) is 0.387. The van der Waals surface area contributed by atoms with E-state index in [1.165, 1.54) is 0 Å². The number of para-hydroxylation sites is 1. The first kappa shape index (κ1) is 31.5. The number of halogens is 3. The van der Waals surface area contributed by atoms with Crippen LogP contribution >= 0.6 is 0 Å². The molecule has 44 heavy (non-hydrogen) atoms. The van der Waals surface area contributed by atoms with Crippen LogP contribution in [0.3, 0.4) is 0 Å². The maximum Gasteiger partial charge on any atom is 0.573 e. The number of benzene rings is 2. The van der Waals surface area contributed by atoms with Crippen LogP contribution in [0.4, 0.5) is 24.9 Å². The zero-order valence-corrected chi connectivity index (χ0v) is 25.1. The summed E-state index contributed by atoms with van der Waals surface area (Å²) < 4.78 is 68.9. The topological polar surface area (TPSA) is 109 Å². The van der Waals surface area contributed by atoms with Gasteiger partial charge in [0.1, 0.15) is 11.6 Å². The minimum Gasteiger partial charge on any atom is -0.406 e. The van der Waals surface area contributed by atoms with Gasteiger partial charge in [-0.3, -0.25) is 4.98 Å². The van der Waals surface area contributed by atoms with Gasteiger partial charge in [-0.2, -0.15) is 4.98 Å². The maximum absolute atomic E-state index is 12.7. The number of hydrogen-bond acceptors (Lipinski definition) is 8. The summed E-state index contributed by atoms with van der Waals surface area (Å²) in [5.74, 6) is 1.52. The minimum atomic E-state index is -4.84. The van der Waals surface area contributed by atoms with Crippen molar-refractivity contribution in [2.45, 2.75) is 43.4 Å². The van der Waals surface area contributed by atoms with Crippen LogP contribution in [0.15, 0.2) is 77.8 Å². The number of ether oxygens (including phenoxy) is 1. The smallest absolute Gasteiger partial charge is 0.406 e. The van der Waals surface area contributed by atoms with Crippen LogP contribution < -0.4 is 19.7 Å². The van der Waals surface area contributed by atoms with E-state index >= 15 is 0 Å². The molecule has 1 aliphatic carbocycles. The predicted octanol–water partition coefficient (Wildman–Crippen LogP) is 5.80. The number of nitrogens with one attached hydrogen (secondary N) is 2. The van der Waals surface area contributed by atoms with Crippen molar-refractivity contribution in [3.05, 3.63) is 78.6 Å². The molecule has 4 aromatic rings. The molecule has 0 atom stereocenters. The highest BCUT2D eigenvalue weighted by molar-refractivity contribution is 7.89. The molecule has 2 N–H and O–H groups in total. The van der Waals surface area contributed by atoms with Crippen molar-refractivity contribution in [3.63, 3.8) is 0 Å². The van der Waals surface area contributed by atoms with Crippen LogP contribution in [0, 0.1) is 11.8 Å². The number of alkyl halides is 3. The lowest BCUT2D eigenvalue weighted by Crippen LogP contribution is -2.32. The van der Waals surface area contributed by atoms with Crippen molar-refractivity contribution in [1.29, 1.82) is 0 Å². The third-order valence-electron chi connectivity index (χ3n) is 7.82. The van der Waals surface area contributed by atoms with Crippen LogP contribution in [-0.4, -0.2) is 56.4 Å². The Bertz CT molecular complexity index is 1630. The molecule has 2 aromatic carbocycles. The second kappa shape index (κ2) is 13.8. The molecular formula is C31H35F3N6O3S. The van der Waals surface area contributed by atoms with E-state index in [1.807, 2.05) is 49.5 Å².